The lowest BCUT2D eigenvalue weighted by Crippen LogP contribution is -2.08. The topological polar surface area (TPSA) is 77.2 Å². The zero-order chi connectivity index (χ0) is 12.8. The molecule has 0 spiro atoms. The minimum Gasteiger partial charge on any atom is -0.492 e. The molecule has 0 unspecified atom stereocenters. The van der Waals surface area contributed by atoms with Crippen LogP contribution in [0.5, 0.6) is 5.75 Å². The van der Waals surface area contributed by atoms with Gasteiger partial charge in [-0.05, 0) is 12.1 Å². The number of aliphatic carboxylic acids is 1. The van der Waals surface area contributed by atoms with Gasteiger partial charge < -0.3 is 9.84 Å². The van der Waals surface area contributed by atoms with Gasteiger partial charge in [-0.3, -0.25) is 4.79 Å². The van der Waals surface area contributed by atoms with Crippen molar-refractivity contribution < 1.29 is 14.6 Å². The molecule has 6 heteroatoms. The van der Waals surface area contributed by atoms with Crippen LogP contribution in [-0.2, 0) is 17.8 Å². The summed E-state index contributed by atoms with van der Waals surface area (Å²) >= 11 is 0. The number of para-hydroxylation sites is 1. The van der Waals surface area contributed by atoms with Gasteiger partial charge in [-0.25, -0.2) is 4.68 Å². The van der Waals surface area contributed by atoms with E-state index in [2.05, 4.69) is 10.3 Å². The standard InChI is InChI=1S/C12H13N3O3/c16-12(17)8-10-9-15(14-13-10)6-7-18-11-4-2-1-3-5-11/h1-5,9H,6-8H2,(H,16,17). The summed E-state index contributed by atoms with van der Waals surface area (Å²) in [6.45, 7) is 0.987. The Kier molecular flexibility index (Phi) is 3.90. The lowest BCUT2D eigenvalue weighted by Gasteiger charge is -2.04. The average molecular weight is 247 g/mol. The molecule has 0 fully saturated rings. The highest BCUT2D eigenvalue weighted by atomic mass is 16.5. The number of rotatable bonds is 6. The maximum Gasteiger partial charge on any atom is 0.309 e. The molecule has 0 radical (unpaired) electrons. The van der Waals surface area contributed by atoms with Crippen molar-refractivity contribution >= 4 is 5.97 Å². The number of hydrogen-bond acceptors (Lipinski definition) is 4. The lowest BCUT2D eigenvalue weighted by molar-refractivity contribution is -0.136. The molecule has 0 aliphatic heterocycles. The number of hydrogen-bond donors (Lipinski definition) is 1. The number of aromatic nitrogens is 3. The van der Waals surface area contributed by atoms with Crippen LogP contribution in [-0.4, -0.2) is 32.7 Å². The second-order valence-electron chi connectivity index (χ2n) is 3.70. The quantitative estimate of drug-likeness (QED) is 0.823. The molecule has 0 aliphatic rings. The van der Waals surface area contributed by atoms with E-state index in [0.717, 1.165) is 5.75 Å². The summed E-state index contributed by atoms with van der Waals surface area (Å²) in [7, 11) is 0. The molecular formula is C12H13N3O3. The predicted molar refractivity (Wildman–Crippen MR) is 63.3 cm³/mol. The van der Waals surface area contributed by atoms with Crippen LogP contribution < -0.4 is 4.74 Å². The normalized spacial score (nSPS) is 10.2. The van der Waals surface area contributed by atoms with Gasteiger partial charge in [0.15, 0.2) is 0 Å². The molecular weight excluding hydrogens is 234 g/mol. The number of carboxylic acids is 1. The van der Waals surface area contributed by atoms with E-state index in [0.29, 0.717) is 18.8 Å². The van der Waals surface area contributed by atoms with Crippen molar-refractivity contribution in [3.8, 4) is 5.75 Å². The van der Waals surface area contributed by atoms with Gasteiger partial charge in [-0.2, -0.15) is 0 Å². The molecule has 18 heavy (non-hydrogen) atoms. The van der Waals surface area contributed by atoms with E-state index in [-0.39, 0.29) is 6.42 Å². The van der Waals surface area contributed by atoms with Crippen LogP contribution in [0.25, 0.3) is 0 Å². The van der Waals surface area contributed by atoms with Crippen LogP contribution in [0.2, 0.25) is 0 Å². The Hall–Kier alpha value is -2.37. The molecule has 0 atom stereocenters. The molecule has 1 aromatic carbocycles. The molecule has 6 nitrogen and oxygen atoms in total. The van der Waals surface area contributed by atoms with E-state index in [1.165, 1.54) is 0 Å². The largest absolute Gasteiger partial charge is 0.492 e. The predicted octanol–water partition coefficient (Wildman–Crippen LogP) is 0.984. The summed E-state index contributed by atoms with van der Waals surface area (Å²) in [5.74, 6) is -0.119. The van der Waals surface area contributed by atoms with Gasteiger partial charge >= 0.3 is 5.97 Å². The maximum absolute atomic E-state index is 10.5. The Labute approximate surface area is 104 Å². The van der Waals surface area contributed by atoms with Crippen LogP contribution >= 0.6 is 0 Å². The van der Waals surface area contributed by atoms with E-state index in [9.17, 15) is 4.79 Å². The van der Waals surface area contributed by atoms with Gasteiger partial charge in [-0.1, -0.05) is 23.4 Å². The lowest BCUT2D eigenvalue weighted by atomic mass is 10.3. The van der Waals surface area contributed by atoms with Crippen molar-refractivity contribution in [3.05, 3.63) is 42.2 Å². The first-order valence-corrected chi connectivity index (χ1v) is 5.53. The highest BCUT2D eigenvalue weighted by Crippen LogP contribution is 2.07. The third-order valence-corrected chi connectivity index (χ3v) is 2.25. The molecule has 1 aromatic heterocycles. The molecule has 1 heterocycles. The van der Waals surface area contributed by atoms with Crippen molar-refractivity contribution in [1.82, 2.24) is 15.0 Å². The van der Waals surface area contributed by atoms with E-state index in [1.54, 1.807) is 10.9 Å². The minimum atomic E-state index is -0.914. The summed E-state index contributed by atoms with van der Waals surface area (Å²) in [5, 5.41) is 16.2. The Bertz CT molecular complexity index is 510. The molecule has 1 N–H and O–H groups in total. The summed E-state index contributed by atoms with van der Waals surface area (Å²) in [5.41, 5.74) is 0.446. The molecule has 2 rings (SSSR count). The van der Waals surface area contributed by atoms with Crippen LogP contribution in [0.4, 0.5) is 0 Å². The Morgan fingerprint density at radius 2 is 2.11 bits per heavy atom. The Morgan fingerprint density at radius 3 is 2.83 bits per heavy atom. The number of nitrogens with zero attached hydrogens (tertiary/aromatic N) is 3. The van der Waals surface area contributed by atoms with Crippen LogP contribution in [0.15, 0.2) is 36.5 Å². The van der Waals surface area contributed by atoms with Gasteiger partial charge in [0.1, 0.15) is 12.4 Å². The van der Waals surface area contributed by atoms with Gasteiger partial charge in [0.2, 0.25) is 0 Å². The van der Waals surface area contributed by atoms with Crippen molar-refractivity contribution in [2.75, 3.05) is 6.61 Å². The fraction of sp³-hybridized carbons (Fsp3) is 0.250. The van der Waals surface area contributed by atoms with Crippen LogP contribution in [0.1, 0.15) is 5.69 Å². The molecule has 0 amide bonds. The summed E-state index contributed by atoms with van der Waals surface area (Å²) in [6.07, 6.45) is 1.50. The molecule has 0 saturated heterocycles. The highest BCUT2D eigenvalue weighted by Gasteiger charge is 2.05. The van der Waals surface area contributed by atoms with Crippen molar-refractivity contribution in [2.45, 2.75) is 13.0 Å². The third kappa shape index (κ3) is 3.58. The smallest absolute Gasteiger partial charge is 0.309 e. The van der Waals surface area contributed by atoms with E-state index < -0.39 is 5.97 Å². The van der Waals surface area contributed by atoms with Gasteiger partial charge in [0.25, 0.3) is 0 Å². The van der Waals surface area contributed by atoms with E-state index >= 15 is 0 Å². The number of ether oxygens (including phenoxy) is 1. The SMILES string of the molecule is O=C(O)Cc1cn(CCOc2ccccc2)nn1. The van der Waals surface area contributed by atoms with Crippen LogP contribution in [0, 0.1) is 0 Å². The Balaban J connectivity index is 1.80. The third-order valence-electron chi connectivity index (χ3n) is 2.25. The van der Waals surface area contributed by atoms with E-state index in [1.807, 2.05) is 30.3 Å². The number of carbonyl (C=O) groups is 1. The van der Waals surface area contributed by atoms with Crippen molar-refractivity contribution in [3.63, 3.8) is 0 Å². The van der Waals surface area contributed by atoms with Crippen molar-refractivity contribution in [1.29, 1.82) is 0 Å². The van der Waals surface area contributed by atoms with Crippen LogP contribution in [0.3, 0.4) is 0 Å². The number of benzene rings is 1. The Morgan fingerprint density at radius 1 is 1.33 bits per heavy atom. The fourth-order valence-corrected chi connectivity index (χ4v) is 1.46. The first-order chi connectivity index (χ1) is 8.74. The zero-order valence-corrected chi connectivity index (χ0v) is 9.69. The van der Waals surface area contributed by atoms with E-state index in [4.69, 9.17) is 9.84 Å². The molecule has 0 bridgehead atoms. The fourth-order valence-electron chi connectivity index (χ4n) is 1.46. The summed E-state index contributed by atoms with van der Waals surface area (Å²) in [6, 6.07) is 9.46. The van der Waals surface area contributed by atoms with Gasteiger partial charge in [0.05, 0.1) is 18.7 Å². The second-order valence-corrected chi connectivity index (χ2v) is 3.70. The monoisotopic (exact) mass is 247 g/mol. The molecule has 2 aromatic rings. The van der Waals surface area contributed by atoms with Gasteiger partial charge in [0, 0.05) is 6.20 Å². The second kappa shape index (κ2) is 5.81. The van der Waals surface area contributed by atoms with Gasteiger partial charge in [-0.15, -0.1) is 5.10 Å². The first-order valence-electron chi connectivity index (χ1n) is 5.53. The summed E-state index contributed by atoms with van der Waals surface area (Å²) in [4.78, 5) is 10.5. The highest BCUT2D eigenvalue weighted by molar-refractivity contribution is 5.69. The number of carboxylic acid groups (broad SMARTS) is 1. The first kappa shape index (κ1) is 12.1. The average Bonchev–Trinajstić information content (AvgIpc) is 2.77. The zero-order valence-electron chi connectivity index (χ0n) is 9.69. The molecule has 94 valence electrons. The molecule has 0 saturated carbocycles. The minimum absolute atomic E-state index is 0.112. The van der Waals surface area contributed by atoms with Crippen molar-refractivity contribution in [2.24, 2.45) is 0 Å². The molecule has 0 aliphatic carbocycles. The summed E-state index contributed by atoms with van der Waals surface area (Å²) < 4.78 is 7.07. The maximum atomic E-state index is 10.5.